The molecule has 1 aliphatic carbocycles. The number of benzene rings is 2. The fourth-order valence-corrected chi connectivity index (χ4v) is 6.10. The molecule has 2 unspecified atom stereocenters. The molecule has 0 bridgehead atoms. The van der Waals surface area contributed by atoms with Crippen LogP contribution < -0.4 is 10.6 Å². The molecule has 0 radical (unpaired) electrons. The molecular weight excluding hydrogens is 452 g/mol. The Labute approximate surface area is 203 Å². The van der Waals surface area contributed by atoms with E-state index in [0.29, 0.717) is 0 Å². The first-order valence-corrected chi connectivity index (χ1v) is 12.5. The summed E-state index contributed by atoms with van der Waals surface area (Å²) in [5, 5.41) is 14.7. The molecule has 180 valence electrons. The van der Waals surface area contributed by atoms with Crippen molar-refractivity contribution in [3.8, 4) is 11.1 Å². The number of alkyl carbamates (subject to hydrolysis) is 1. The lowest BCUT2D eigenvalue weighted by molar-refractivity contribution is -0.140. The second-order valence-corrected chi connectivity index (χ2v) is 11.2. The van der Waals surface area contributed by atoms with E-state index in [2.05, 4.69) is 24.5 Å². The zero-order valence-electron chi connectivity index (χ0n) is 19.4. The fraction of sp³-hybridized carbons (Fsp3) is 0.423. The lowest BCUT2D eigenvalue weighted by Gasteiger charge is -2.35. The van der Waals surface area contributed by atoms with Crippen LogP contribution in [0.3, 0.4) is 0 Å². The quantitative estimate of drug-likeness (QED) is 0.547. The molecule has 4 rings (SSSR count). The molecule has 0 spiro atoms. The zero-order valence-corrected chi connectivity index (χ0v) is 20.2. The van der Waals surface area contributed by atoms with Crippen molar-refractivity contribution in [1.82, 2.24) is 10.6 Å². The Morgan fingerprint density at radius 1 is 1.09 bits per heavy atom. The first-order chi connectivity index (χ1) is 16.2. The summed E-state index contributed by atoms with van der Waals surface area (Å²) >= 11 is 1.85. The zero-order chi connectivity index (χ0) is 24.3. The molecule has 1 saturated heterocycles. The summed E-state index contributed by atoms with van der Waals surface area (Å²) in [4.78, 5) is 36.8. The van der Waals surface area contributed by atoms with Crippen molar-refractivity contribution in [3.63, 3.8) is 0 Å². The van der Waals surface area contributed by atoms with Gasteiger partial charge in [-0.25, -0.2) is 4.79 Å². The highest BCUT2D eigenvalue weighted by Crippen LogP contribution is 2.44. The highest BCUT2D eigenvalue weighted by Gasteiger charge is 2.33. The van der Waals surface area contributed by atoms with Crippen molar-refractivity contribution < 1.29 is 24.2 Å². The third kappa shape index (κ3) is 5.55. The summed E-state index contributed by atoms with van der Waals surface area (Å²) in [5.74, 6) is -0.865. The summed E-state index contributed by atoms with van der Waals surface area (Å²) in [6.07, 6.45) is 0.280. The molecular formula is C26H30N2O5S. The molecule has 1 aliphatic heterocycles. The average Bonchev–Trinajstić information content (AvgIpc) is 3.10. The molecule has 0 aromatic heterocycles. The van der Waals surface area contributed by atoms with Gasteiger partial charge in [-0.3, -0.25) is 9.59 Å². The summed E-state index contributed by atoms with van der Waals surface area (Å²) in [5.41, 5.74) is 4.39. The summed E-state index contributed by atoms with van der Waals surface area (Å²) in [6.45, 7) is 4.34. The molecule has 3 N–H and O–H groups in total. The van der Waals surface area contributed by atoms with Gasteiger partial charge < -0.3 is 20.5 Å². The summed E-state index contributed by atoms with van der Waals surface area (Å²) in [6, 6.07) is 14.7. The van der Waals surface area contributed by atoms with Gasteiger partial charge in [-0.1, -0.05) is 62.4 Å². The van der Waals surface area contributed by atoms with Gasteiger partial charge >= 0.3 is 12.1 Å². The smallest absolute Gasteiger partial charge is 0.407 e. The SMILES string of the molecule is CC1(C)CC(NC(=O)C(CC(=O)O)NC(=O)OCC2c3ccccc3-c3ccccc32)CCS1. The molecule has 8 heteroatoms. The number of rotatable bonds is 7. The number of hydrogen-bond donors (Lipinski definition) is 3. The molecule has 34 heavy (non-hydrogen) atoms. The number of carboxylic acid groups (broad SMARTS) is 1. The van der Waals surface area contributed by atoms with Crippen LogP contribution in [-0.4, -0.2) is 52.3 Å². The van der Waals surface area contributed by atoms with E-state index in [-0.39, 0.29) is 23.3 Å². The lowest BCUT2D eigenvalue weighted by atomic mass is 9.98. The third-order valence-corrected chi connectivity index (χ3v) is 7.76. The van der Waals surface area contributed by atoms with Gasteiger partial charge in [-0.05, 0) is 40.8 Å². The topological polar surface area (TPSA) is 105 Å². The van der Waals surface area contributed by atoms with E-state index in [1.54, 1.807) is 0 Å². The van der Waals surface area contributed by atoms with Gasteiger partial charge in [-0.2, -0.15) is 11.8 Å². The van der Waals surface area contributed by atoms with Gasteiger partial charge in [-0.15, -0.1) is 0 Å². The number of hydrogen-bond acceptors (Lipinski definition) is 5. The molecule has 2 atom stereocenters. The maximum absolute atomic E-state index is 12.8. The van der Waals surface area contributed by atoms with Crippen LogP contribution in [0.5, 0.6) is 0 Å². The molecule has 1 heterocycles. The molecule has 2 aromatic rings. The maximum Gasteiger partial charge on any atom is 0.407 e. The Kier molecular flexibility index (Phi) is 7.16. The van der Waals surface area contributed by atoms with E-state index in [1.807, 2.05) is 60.3 Å². The number of carbonyl (C=O) groups is 3. The van der Waals surface area contributed by atoms with Gasteiger partial charge in [0.05, 0.1) is 6.42 Å². The van der Waals surface area contributed by atoms with Crippen molar-refractivity contribution in [2.45, 2.75) is 55.9 Å². The Balaban J connectivity index is 1.39. The number of carboxylic acids is 1. The largest absolute Gasteiger partial charge is 0.481 e. The standard InChI is InChI=1S/C26H30N2O5S/c1-26(2)14-16(11-12-34-26)27-24(31)22(13-23(29)30)28-25(32)33-15-21-19-9-5-3-7-17(19)18-8-4-6-10-20(18)21/h3-10,16,21-22H,11-15H2,1-2H3,(H,27,31)(H,28,32)(H,29,30). The molecule has 7 nitrogen and oxygen atoms in total. The van der Waals surface area contributed by atoms with Crippen LogP contribution in [0.4, 0.5) is 4.79 Å². The Morgan fingerprint density at radius 2 is 1.71 bits per heavy atom. The van der Waals surface area contributed by atoms with Crippen molar-refractivity contribution in [1.29, 1.82) is 0 Å². The van der Waals surface area contributed by atoms with E-state index in [0.717, 1.165) is 40.8 Å². The van der Waals surface area contributed by atoms with Gasteiger partial charge in [0, 0.05) is 16.7 Å². The Bertz CT molecular complexity index is 1040. The highest BCUT2D eigenvalue weighted by atomic mass is 32.2. The number of thioether (sulfide) groups is 1. The number of amides is 2. The number of ether oxygens (including phenoxy) is 1. The van der Waals surface area contributed by atoms with E-state index in [9.17, 15) is 19.5 Å². The van der Waals surface area contributed by atoms with Crippen LogP contribution in [0, 0.1) is 0 Å². The van der Waals surface area contributed by atoms with Crippen LogP contribution in [0.15, 0.2) is 48.5 Å². The minimum Gasteiger partial charge on any atom is -0.481 e. The third-order valence-electron chi connectivity index (χ3n) is 6.37. The second kappa shape index (κ2) is 10.1. The number of fused-ring (bicyclic) bond motifs is 3. The number of nitrogens with one attached hydrogen (secondary N) is 2. The average molecular weight is 483 g/mol. The lowest BCUT2D eigenvalue weighted by Crippen LogP contribution is -2.52. The molecule has 2 aliphatic rings. The first kappa shape index (κ1) is 24.1. The summed E-state index contributed by atoms with van der Waals surface area (Å²) in [7, 11) is 0. The van der Waals surface area contributed by atoms with Gasteiger partial charge in [0.25, 0.3) is 0 Å². The fourth-order valence-electron chi connectivity index (χ4n) is 4.82. The predicted molar refractivity (Wildman–Crippen MR) is 132 cm³/mol. The van der Waals surface area contributed by atoms with Crippen molar-refractivity contribution >= 4 is 29.7 Å². The van der Waals surface area contributed by atoms with Crippen LogP contribution in [0.1, 0.15) is 50.2 Å². The molecule has 2 aromatic carbocycles. The van der Waals surface area contributed by atoms with Gasteiger partial charge in [0.2, 0.25) is 5.91 Å². The summed E-state index contributed by atoms with van der Waals surface area (Å²) < 4.78 is 5.54. The van der Waals surface area contributed by atoms with Crippen molar-refractivity contribution in [2.75, 3.05) is 12.4 Å². The number of carbonyl (C=O) groups excluding carboxylic acids is 2. The van der Waals surface area contributed by atoms with Crippen molar-refractivity contribution in [3.05, 3.63) is 59.7 Å². The van der Waals surface area contributed by atoms with E-state index in [4.69, 9.17) is 4.74 Å². The van der Waals surface area contributed by atoms with Crippen LogP contribution in [0.2, 0.25) is 0 Å². The van der Waals surface area contributed by atoms with E-state index in [1.165, 1.54) is 0 Å². The van der Waals surface area contributed by atoms with E-state index < -0.39 is 30.4 Å². The van der Waals surface area contributed by atoms with Crippen molar-refractivity contribution in [2.24, 2.45) is 0 Å². The first-order valence-electron chi connectivity index (χ1n) is 11.5. The van der Waals surface area contributed by atoms with Crippen LogP contribution >= 0.6 is 11.8 Å². The van der Waals surface area contributed by atoms with Crippen LogP contribution in [-0.2, 0) is 14.3 Å². The number of aliphatic carboxylic acids is 1. The predicted octanol–water partition coefficient (Wildman–Crippen LogP) is 4.16. The highest BCUT2D eigenvalue weighted by molar-refractivity contribution is 8.00. The van der Waals surface area contributed by atoms with Gasteiger partial charge in [0.15, 0.2) is 0 Å². The minimum absolute atomic E-state index is 0.0404. The molecule has 0 saturated carbocycles. The monoisotopic (exact) mass is 482 g/mol. The minimum atomic E-state index is -1.20. The Morgan fingerprint density at radius 3 is 2.29 bits per heavy atom. The Hall–Kier alpha value is -3.00. The maximum atomic E-state index is 12.8. The molecule has 1 fully saturated rings. The van der Waals surface area contributed by atoms with Gasteiger partial charge in [0.1, 0.15) is 12.6 Å². The molecule has 2 amide bonds. The normalized spacial score (nSPS) is 19.4. The van der Waals surface area contributed by atoms with E-state index >= 15 is 0 Å². The second-order valence-electron chi connectivity index (χ2n) is 9.43. The van der Waals surface area contributed by atoms with Crippen LogP contribution in [0.25, 0.3) is 11.1 Å².